The van der Waals surface area contributed by atoms with Gasteiger partial charge in [0.25, 0.3) is 11.6 Å². The molecular formula is C17H17N3O5. The van der Waals surface area contributed by atoms with Gasteiger partial charge < -0.3 is 15.8 Å². The van der Waals surface area contributed by atoms with E-state index in [1.54, 1.807) is 6.92 Å². The van der Waals surface area contributed by atoms with Gasteiger partial charge in [0, 0.05) is 17.8 Å². The summed E-state index contributed by atoms with van der Waals surface area (Å²) in [5.41, 5.74) is 6.13. The Kier molecular flexibility index (Phi) is 5.67. The number of amides is 1. The van der Waals surface area contributed by atoms with Crippen LogP contribution in [-0.2, 0) is 9.53 Å². The maximum Gasteiger partial charge on any atom is 0.341 e. The molecule has 0 aliphatic carbocycles. The molecule has 0 radical (unpaired) electrons. The second kappa shape index (κ2) is 7.91. The van der Waals surface area contributed by atoms with Crippen LogP contribution in [0, 0.1) is 10.1 Å². The van der Waals surface area contributed by atoms with Gasteiger partial charge in [-0.05, 0) is 18.6 Å². The second-order valence-electron chi connectivity index (χ2n) is 5.30. The van der Waals surface area contributed by atoms with Crippen LogP contribution in [0.4, 0.5) is 11.4 Å². The molecule has 3 N–H and O–H groups in total. The van der Waals surface area contributed by atoms with Crippen molar-refractivity contribution in [3.63, 3.8) is 0 Å². The number of nitro groups is 1. The molecule has 0 unspecified atom stereocenters. The van der Waals surface area contributed by atoms with Crippen molar-refractivity contribution >= 4 is 23.3 Å². The third kappa shape index (κ3) is 4.77. The van der Waals surface area contributed by atoms with E-state index in [1.807, 2.05) is 30.3 Å². The number of hydrogen-bond donors (Lipinski definition) is 2. The van der Waals surface area contributed by atoms with Crippen LogP contribution in [0.2, 0.25) is 0 Å². The van der Waals surface area contributed by atoms with Crippen molar-refractivity contribution in [1.82, 2.24) is 5.32 Å². The zero-order chi connectivity index (χ0) is 18.4. The number of nitrogens with two attached hydrogens (primary N) is 1. The minimum atomic E-state index is -0.899. The summed E-state index contributed by atoms with van der Waals surface area (Å²) in [6.07, 6.45) is 0. The summed E-state index contributed by atoms with van der Waals surface area (Å²) in [5, 5.41) is 13.4. The molecule has 0 heterocycles. The average Bonchev–Trinajstić information content (AvgIpc) is 2.60. The highest BCUT2D eigenvalue weighted by molar-refractivity contribution is 5.97. The van der Waals surface area contributed by atoms with E-state index >= 15 is 0 Å². The van der Waals surface area contributed by atoms with E-state index in [1.165, 1.54) is 12.1 Å². The molecule has 130 valence electrons. The first-order valence-electron chi connectivity index (χ1n) is 7.44. The van der Waals surface area contributed by atoms with Gasteiger partial charge in [-0.1, -0.05) is 30.3 Å². The maximum absolute atomic E-state index is 12.0. The van der Waals surface area contributed by atoms with Crippen molar-refractivity contribution in [3.8, 4) is 0 Å². The number of hydrogen-bond acceptors (Lipinski definition) is 6. The summed E-state index contributed by atoms with van der Waals surface area (Å²) in [7, 11) is 0. The highest BCUT2D eigenvalue weighted by Gasteiger charge is 2.18. The van der Waals surface area contributed by atoms with Crippen LogP contribution in [0.3, 0.4) is 0 Å². The van der Waals surface area contributed by atoms with Crippen LogP contribution in [0.15, 0.2) is 48.5 Å². The number of benzene rings is 2. The number of non-ortho nitro benzene ring substituents is 1. The van der Waals surface area contributed by atoms with Gasteiger partial charge in [-0.25, -0.2) is 4.79 Å². The Bertz CT molecular complexity index is 792. The summed E-state index contributed by atoms with van der Waals surface area (Å²) < 4.78 is 4.89. The first-order chi connectivity index (χ1) is 11.9. The predicted octanol–water partition coefficient (Wildman–Crippen LogP) is 2.21. The summed E-state index contributed by atoms with van der Waals surface area (Å²) in [5.74, 6) is -1.39. The Balaban J connectivity index is 1.94. The monoisotopic (exact) mass is 343 g/mol. The van der Waals surface area contributed by atoms with E-state index in [9.17, 15) is 19.7 Å². The van der Waals surface area contributed by atoms with Crippen LogP contribution in [0.5, 0.6) is 0 Å². The highest BCUT2D eigenvalue weighted by Crippen LogP contribution is 2.20. The Morgan fingerprint density at radius 1 is 1.24 bits per heavy atom. The molecule has 2 aromatic rings. The van der Waals surface area contributed by atoms with E-state index in [0.717, 1.165) is 11.6 Å². The van der Waals surface area contributed by atoms with Gasteiger partial charge in [0.15, 0.2) is 6.61 Å². The topological polar surface area (TPSA) is 125 Å². The van der Waals surface area contributed by atoms with E-state index in [0.29, 0.717) is 0 Å². The van der Waals surface area contributed by atoms with Gasteiger partial charge in [0.05, 0.1) is 16.5 Å². The molecule has 8 heteroatoms. The van der Waals surface area contributed by atoms with Crippen molar-refractivity contribution < 1.29 is 19.2 Å². The number of nitrogens with one attached hydrogen (secondary N) is 1. The zero-order valence-corrected chi connectivity index (χ0v) is 13.5. The third-order valence-corrected chi connectivity index (χ3v) is 3.48. The standard InChI is InChI=1S/C17H17N3O5/c1-11(12-5-3-2-4-6-12)19-16(21)10-25-17(22)14-9-13(20(23)24)7-8-15(14)18/h2-9,11H,10,18H2,1H3,(H,19,21)/t11-/m1/s1. The molecule has 25 heavy (non-hydrogen) atoms. The molecule has 8 nitrogen and oxygen atoms in total. The number of carbonyl (C=O) groups is 2. The van der Waals surface area contributed by atoms with E-state index in [4.69, 9.17) is 10.5 Å². The predicted molar refractivity (Wildman–Crippen MR) is 90.8 cm³/mol. The Labute approximate surface area is 143 Å². The SMILES string of the molecule is C[C@@H](NC(=O)COC(=O)c1cc([N+](=O)[O-])ccc1N)c1ccccc1. The van der Waals surface area contributed by atoms with Crippen LogP contribution in [0.25, 0.3) is 0 Å². The molecule has 0 fully saturated rings. The summed E-state index contributed by atoms with van der Waals surface area (Å²) >= 11 is 0. The molecule has 1 atom stereocenters. The lowest BCUT2D eigenvalue weighted by molar-refractivity contribution is -0.384. The molecule has 0 aliphatic rings. The van der Waals surface area contributed by atoms with Gasteiger partial charge in [0.1, 0.15) is 0 Å². The number of nitrogen functional groups attached to an aromatic ring is 1. The van der Waals surface area contributed by atoms with Gasteiger partial charge in [-0.2, -0.15) is 0 Å². The number of carbonyl (C=O) groups excluding carboxylic acids is 2. The molecule has 0 spiro atoms. The van der Waals surface area contributed by atoms with E-state index in [2.05, 4.69) is 5.32 Å². The second-order valence-corrected chi connectivity index (χ2v) is 5.30. The third-order valence-electron chi connectivity index (χ3n) is 3.48. The molecule has 2 aromatic carbocycles. The maximum atomic E-state index is 12.0. The fraction of sp³-hybridized carbons (Fsp3) is 0.176. The molecule has 0 aromatic heterocycles. The van der Waals surface area contributed by atoms with Gasteiger partial charge >= 0.3 is 5.97 Å². The van der Waals surface area contributed by atoms with Gasteiger partial charge in [-0.3, -0.25) is 14.9 Å². The molecule has 1 amide bonds. The van der Waals surface area contributed by atoms with E-state index in [-0.39, 0.29) is 23.0 Å². The normalized spacial score (nSPS) is 11.4. The largest absolute Gasteiger partial charge is 0.452 e. The Morgan fingerprint density at radius 2 is 1.92 bits per heavy atom. The zero-order valence-electron chi connectivity index (χ0n) is 13.5. The number of esters is 1. The summed E-state index contributed by atoms with van der Waals surface area (Å²) in [6, 6.07) is 12.5. The minimum absolute atomic E-state index is 0.0358. The molecule has 0 saturated carbocycles. The lowest BCUT2D eigenvalue weighted by Crippen LogP contribution is -2.31. The van der Waals surface area contributed by atoms with Gasteiger partial charge in [0.2, 0.25) is 0 Å². The number of ether oxygens (including phenoxy) is 1. The van der Waals surface area contributed by atoms with Crippen LogP contribution in [0.1, 0.15) is 28.9 Å². The minimum Gasteiger partial charge on any atom is -0.452 e. The smallest absolute Gasteiger partial charge is 0.341 e. The molecular weight excluding hydrogens is 326 g/mol. The fourth-order valence-corrected chi connectivity index (χ4v) is 2.15. The summed E-state index contributed by atoms with van der Waals surface area (Å²) in [6.45, 7) is 1.28. The molecule has 0 saturated heterocycles. The fourth-order valence-electron chi connectivity index (χ4n) is 2.15. The van der Waals surface area contributed by atoms with Crippen molar-refractivity contribution in [2.75, 3.05) is 12.3 Å². The Morgan fingerprint density at radius 3 is 2.56 bits per heavy atom. The lowest BCUT2D eigenvalue weighted by Gasteiger charge is -2.14. The van der Waals surface area contributed by atoms with Crippen molar-refractivity contribution in [1.29, 1.82) is 0 Å². The molecule has 0 bridgehead atoms. The van der Waals surface area contributed by atoms with Crippen LogP contribution in [-0.4, -0.2) is 23.4 Å². The van der Waals surface area contributed by atoms with Crippen LogP contribution >= 0.6 is 0 Å². The van der Waals surface area contributed by atoms with Crippen molar-refractivity contribution in [2.24, 2.45) is 0 Å². The number of rotatable bonds is 6. The first-order valence-corrected chi connectivity index (χ1v) is 7.44. The van der Waals surface area contributed by atoms with Crippen molar-refractivity contribution in [3.05, 3.63) is 69.8 Å². The van der Waals surface area contributed by atoms with Crippen LogP contribution < -0.4 is 11.1 Å². The first kappa shape index (κ1) is 17.9. The number of anilines is 1. The summed E-state index contributed by atoms with van der Waals surface area (Å²) in [4.78, 5) is 34.0. The number of nitro benzene ring substituents is 1. The lowest BCUT2D eigenvalue weighted by atomic mass is 10.1. The quantitative estimate of drug-likeness (QED) is 0.358. The number of nitrogens with zero attached hydrogens (tertiary/aromatic N) is 1. The van der Waals surface area contributed by atoms with Crippen molar-refractivity contribution in [2.45, 2.75) is 13.0 Å². The Hall–Kier alpha value is -3.42. The highest BCUT2D eigenvalue weighted by atomic mass is 16.6. The van der Waals surface area contributed by atoms with E-state index < -0.39 is 23.4 Å². The average molecular weight is 343 g/mol. The molecule has 2 rings (SSSR count). The van der Waals surface area contributed by atoms with Gasteiger partial charge in [-0.15, -0.1) is 0 Å². The molecule has 0 aliphatic heterocycles.